The van der Waals surface area contributed by atoms with Crippen LogP contribution in [-0.4, -0.2) is 5.11 Å². The molecular weight excluding hydrogens is 252 g/mol. The molecule has 1 nitrogen and oxygen atoms in total. The zero-order chi connectivity index (χ0) is 14.0. The number of phenolic OH excluding ortho intramolecular Hbond substituents is 1. The summed E-state index contributed by atoms with van der Waals surface area (Å²) in [5.41, 5.74) is 1.88. The lowest BCUT2D eigenvalue weighted by molar-refractivity contribution is 0.476. The molecular formula is C17H24OS. The van der Waals surface area contributed by atoms with Gasteiger partial charge in [0.15, 0.2) is 0 Å². The Morgan fingerprint density at radius 3 is 2.63 bits per heavy atom. The molecule has 0 spiro atoms. The summed E-state index contributed by atoms with van der Waals surface area (Å²) in [6.07, 6.45) is 3.80. The second-order valence-electron chi connectivity index (χ2n) is 5.15. The number of thiophene rings is 1. The van der Waals surface area contributed by atoms with E-state index in [0.717, 1.165) is 5.92 Å². The molecule has 2 aromatic rings. The van der Waals surface area contributed by atoms with Gasteiger partial charge in [0.25, 0.3) is 0 Å². The third-order valence-corrected chi connectivity index (χ3v) is 5.41. The molecule has 1 aromatic heterocycles. The van der Waals surface area contributed by atoms with Gasteiger partial charge in [-0.25, -0.2) is 0 Å². The van der Waals surface area contributed by atoms with Gasteiger partial charge in [-0.15, -0.1) is 11.3 Å². The first-order valence-electron chi connectivity index (χ1n) is 7.42. The van der Waals surface area contributed by atoms with E-state index >= 15 is 0 Å². The predicted octanol–water partition coefficient (Wildman–Crippen LogP) is 5.71. The Morgan fingerprint density at radius 1 is 1.32 bits per heavy atom. The number of hydrogen-bond donors (Lipinski definition) is 1. The van der Waals surface area contributed by atoms with Crippen molar-refractivity contribution in [3.05, 3.63) is 29.1 Å². The lowest BCUT2D eigenvalue weighted by atomic mass is 9.89. The monoisotopic (exact) mass is 276 g/mol. The van der Waals surface area contributed by atoms with Crippen molar-refractivity contribution in [3.63, 3.8) is 0 Å². The van der Waals surface area contributed by atoms with Crippen LogP contribution in [0.4, 0.5) is 0 Å². The van der Waals surface area contributed by atoms with Crippen LogP contribution in [0.1, 0.15) is 52.5 Å². The molecule has 1 aliphatic rings. The van der Waals surface area contributed by atoms with Gasteiger partial charge in [0.2, 0.25) is 0 Å². The average molecular weight is 276 g/mol. The molecule has 1 fully saturated rings. The third kappa shape index (κ3) is 2.27. The van der Waals surface area contributed by atoms with Gasteiger partial charge < -0.3 is 5.11 Å². The molecule has 2 heteroatoms. The van der Waals surface area contributed by atoms with E-state index in [0.29, 0.717) is 11.2 Å². The molecule has 0 bridgehead atoms. The molecule has 2 unspecified atom stereocenters. The summed E-state index contributed by atoms with van der Waals surface area (Å²) in [6.45, 7) is 8.58. The molecule has 1 saturated carbocycles. The highest BCUT2D eigenvalue weighted by molar-refractivity contribution is 7.17. The number of rotatable bonds is 3. The third-order valence-electron chi connectivity index (χ3n) is 4.45. The summed E-state index contributed by atoms with van der Waals surface area (Å²) >= 11 is 1.81. The van der Waals surface area contributed by atoms with Crippen LogP contribution in [0.3, 0.4) is 0 Å². The maximum Gasteiger partial charge on any atom is 0.116 e. The molecule has 1 aliphatic carbocycles. The van der Waals surface area contributed by atoms with Crippen molar-refractivity contribution in [2.45, 2.75) is 52.4 Å². The largest absolute Gasteiger partial charge is 0.508 e. The fourth-order valence-corrected chi connectivity index (χ4v) is 4.32. The number of aromatic hydroxyl groups is 1. The van der Waals surface area contributed by atoms with Gasteiger partial charge in [-0.3, -0.25) is 0 Å². The van der Waals surface area contributed by atoms with E-state index in [-0.39, 0.29) is 0 Å². The van der Waals surface area contributed by atoms with Gasteiger partial charge in [0.05, 0.1) is 0 Å². The molecule has 19 heavy (non-hydrogen) atoms. The van der Waals surface area contributed by atoms with E-state index in [4.69, 9.17) is 0 Å². The van der Waals surface area contributed by atoms with Gasteiger partial charge >= 0.3 is 0 Å². The molecule has 1 aromatic carbocycles. The summed E-state index contributed by atoms with van der Waals surface area (Å²) in [5, 5.41) is 13.2. The zero-order valence-electron chi connectivity index (χ0n) is 12.4. The Kier molecular flexibility index (Phi) is 4.19. The van der Waals surface area contributed by atoms with E-state index in [9.17, 15) is 5.11 Å². The number of benzene rings is 1. The molecule has 0 amide bonds. The highest BCUT2D eigenvalue weighted by Gasteiger charge is 2.53. The van der Waals surface area contributed by atoms with Gasteiger partial charge in [-0.05, 0) is 58.7 Å². The van der Waals surface area contributed by atoms with E-state index in [1.165, 1.54) is 34.9 Å². The van der Waals surface area contributed by atoms with Crippen molar-refractivity contribution < 1.29 is 5.11 Å². The molecule has 0 aliphatic heterocycles. The first-order chi connectivity index (χ1) is 9.21. The fraction of sp³-hybridized carbons (Fsp3) is 0.529. The van der Waals surface area contributed by atoms with Gasteiger partial charge in [-0.1, -0.05) is 34.1 Å². The van der Waals surface area contributed by atoms with Gasteiger partial charge in [0.1, 0.15) is 5.75 Å². The second kappa shape index (κ2) is 5.54. The maximum absolute atomic E-state index is 9.66. The summed E-state index contributed by atoms with van der Waals surface area (Å²) in [4.78, 5) is 0. The van der Waals surface area contributed by atoms with E-state index in [1.54, 1.807) is 17.4 Å². The van der Waals surface area contributed by atoms with Crippen LogP contribution >= 0.6 is 11.3 Å². The van der Waals surface area contributed by atoms with Crippen LogP contribution in [0.25, 0.3) is 10.1 Å². The molecule has 1 heterocycles. The Bertz CT molecular complexity index is 557. The lowest BCUT2D eigenvalue weighted by Crippen LogP contribution is -2.07. The molecule has 2 atom stereocenters. The highest BCUT2D eigenvalue weighted by Crippen LogP contribution is 2.60. The predicted molar refractivity (Wildman–Crippen MR) is 85.2 cm³/mol. The summed E-state index contributed by atoms with van der Waals surface area (Å²) in [7, 11) is 0. The Labute approximate surface area is 120 Å². The molecule has 104 valence electrons. The van der Waals surface area contributed by atoms with Crippen molar-refractivity contribution in [2.24, 2.45) is 5.92 Å². The van der Waals surface area contributed by atoms with Crippen LogP contribution in [0.2, 0.25) is 0 Å². The van der Waals surface area contributed by atoms with Crippen LogP contribution in [0, 0.1) is 5.92 Å². The van der Waals surface area contributed by atoms with Crippen LogP contribution in [-0.2, 0) is 5.41 Å². The van der Waals surface area contributed by atoms with Crippen molar-refractivity contribution in [3.8, 4) is 5.75 Å². The number of phenols is 1. The van der Waals surface area contributed by atoms with E-state index < -0.39 is 0 Å². The maximum atomic E-state index is 9.66. The Hall–Kier alpha value is -1.02. The number of fused-ring (bicyclic) bond motifs is 1. The Morgan fingerprint density at radius 2 is 2.05 bits per heavy atom. The number of hydrogen-bond acceptors (Lipinski definition) is 2. The Balaban J connectivity index is 0.000000637. The SMILES string of the molecule is CC.CCC1CC1(CC)c1csc2ccc(O)cc12. The van der Waals surface area contributed by atoms with Crippen molar-refractivity contribution in [1.29, 1.82) is 0 Å². The second-order valence-corrected chi connectivity index (χ2v) is 6.06. The first kappa shape index (κ1) is 14.4. The zero-order valence-corrected chi connectivity index (χ0v) is 13.2. The van der Waals surface area contributed by atoms with Crippen LogP contribution in [0.5, 0.6) is 5.75 Å². The van der Waals surface area contributed by atoms with Crippen LogP contribution < -0.4 is 0 Å². The van der Waals surface area contributed by atoms with Crippen LogP contribution in [0.15, 0.2) is 23.6 Å². The van der Waals surface area contributed by atoms with Crippen molar-refractivity contribution >= 4 is 21.4 Å². The first-order valence-corrected chi connectivity index (χ1v) is 8.30. The molecule has 3 rings (SSSR count). The van der Waals surface area contributed by atoms with E-state index in [1.807, 2.05) is 26.0 Å². The van der Waals surface area contributed by atoms with Gasteiger partial charge in [0, 0.05) is 4.70 Å². The summed E-state index contributed by atoms with van der Waals surface area (Å²) in [6, 6.07) is 5.75. The normalized spacial score (nSPS) is 24.9. The standard InChI is InChI=1S/C15H18OS.C2H6/c1-3-10-8-15(10,4-2)13-9-17-14-6-5-11(16)7-12(13)14;1-2/h5-7,9-10,16H,3-4,8H2,1-2H3;1-2H3. The smallest absolute Gasteiger partial charge is 0.116 e. The molecule has 1 N–H and O–H groups in total. The fourth-order valence-electron chi connectivity index (χ4n) is 3.27. The summed E-state index contributed by atoms with van der Waals surface area (Å²) < 4.78 is 1.30. The summed E-state index contributed by atoms with van der Waals surface area (Å²) in [5.74, 6) is 1.23. The highest BCUT2D eigenvalue weighted by atomic mass is 32.1. The lowest BCUT2D eigenvalue weighted by Gasteiger charge is -2.14. The minimum absolute atomic E-state index is 0.386. The molecule has 0 radical (unpaired) electrons. The van der Waals surface area contributed by atoms with Crippen molar-refractivity contribution in [2.75, 3.05) is 0 Å². The minimum atomic E-state index is 0.386. The van der Waals surface area contributed by atoms with E-state index in [2.05, 4.69) is 19.2 Å². The molecule has 0 saturated heterocycles. The minimum Gasteiger partial charge on any atom is -0.508 e. The average Bonchev–Trinajstić information content (AvgIpc) is 3.04. The topological polar surface area (TPSA) is 20.2 Å². The van der Waals surface area contributed by atoms with Crippen molar-refractivity contribution in [1.82, 2.24) is 0 Å². The quantitative estimate of drug-likeness (QED) is 0.761. The van der Waals surface area contributed by atoms with Gasteiger partial charge in [-0.2, -0.15) is 0 Å².